The number of amides is 1. The molecule has 0 bridgehead atoms. The van der Waals surface area contributed by atoms with Gasteiger partial charge in [-0.05, 0) is 6.42 Å². The van der Waals surface area contributed by atoms with Crippen LogP contribution in [0.5, 0.6) is 0 Å². The van der Waals surface area contributed by atoms with Crippen molar-refractivity contribution >= 4 is 23.6 Å². The highest BCUT2D eigenvalue weighted by Gasteiger charge is 2.41. The van der Waals surface area contributed by atoms with E-state index in [1.54, 1.807) is 0 Å². The van der Waals surface area contributed by atoms with Crippen molar-refractivity contribution in [3.8, 4) is 0 Å². The van der Waals surface area contributed by atoms with E-state index < -0.39 is 12.0 Å². The lowest BCUT2D eigenvalue weighted by Crippen LogP contribution is -2.45. The van der Waals surface area contributed by atoms with Crippen LogP contribution in [0.2, 0.25) is 0 Å². The predicted octanol–water partition coefficient (Wildman–Crippen LogP) is 1.24. The number of aromatic nitrogens is 2. The first-order chi connectivity index (χ1) is 9.15. The minimum Gasteiger partial charge on any atom is -0.480 e. The number of hydrogen-bond acceptors (Lipinski definition) is 5. The standard InChI is InChI=1S/C12H15N3O3S/c1-2-3-10-15(9(6-19-10)12(17)18)11(16)8-4-13-7-14-5-8/h4-5,7,9-10H,2-3,6H2,1H3,(H,17,18). The zero-order chi connectivity index (χ0) is 13.8. The van der Waals surface area contributed by atoms with Crippen LogP contribution in [0.25, 0.3) is 0 Å². The van der Waals surface area contributed by atoms with Gasteiger partial charge in [0.15, 0.2) is 0 Å². The van der Waals surface area contributed by atoms with Gasteiger partial charge in [-0.2, -0.15) is 0 Å². The highest BCUT2D eigenvalue weighted by molar-refractivity contribution is 8.00. The molecule has 19 heavy (non-hydrogen) atoms. The fourth-order valence-electron chi connectivity index (χ4n) is 2.05. The van der Waals surface area contributed by atoms with Gasteiger partial charge < -0.3 is 10.0 Å². The molecule has 1 aliphatic heterocycles. The quantitative estimate of drug-likeness (QED) is 0.894. The summed E-state index contributed by atoms with van der Waals surface area (Å²) in [7, 11) is 0. The van der Waals surface area contributed by atoms with Crippen molar-refractivity contribution in [1.29, 1.82) is 0 Å². The highest BCUT2D eigenvalue weighted by atomic mass is 32.2. The third-order valence-electron chi connectivity index (χ3n) is 2.96. The molecule has 0 aliphatic carbocycles. The van der Waals surface area contributed by atoms with Crippen LogP contribution in [0, 0.1) is 0 Å². The molecule has 1 N–H and O–H groups in total. The van der Waals surface area contributed by atoms with E-state index in [-0.39, 0.29) is 11.3 Å². The fourth-order valence-corrected chi connectivity index (χ4v) is 3.57. The van der Waals surface area contributed by atoms with Crippen LogP contribution in [0.15, 0.2) is 18.7 Å². The van der Waals surface area contributed by atoms with Crippen molar-refractivity contribution in [2.45, 2.75) is 31.2 Å². The molecule has 1 aromatic heterocycles. The van der Waals surface area contributed by atoms with Crippen LogP contribution in [0.4, 0.5) is 0 Å². The summed E-state index contributed by atoms with van der Waals surface area (Å²) in [4.78, 5) is 32.7. The average Bonchev–Trinajstić information content (AvgIpc) is 2.83. The summed E-state index contributed by atoms with van der Waals surface area (Å²) in [5, 5.41) is 9.14. The number of rotatable bonds is 4. The number of carbonyl (C=O) groups excluding carboxylic acids is 1. The minimum atomic E-state index is -0.962. The molecule has 2 atom stereocenters. The predicted molar refractivity (Wildman–Crippen MR) is 70.8 cm³/mol. The second-order valence-electron chi connectivity index (χ2n) is 4.27. The van der Waals surface area contributed by atoms with E-state index in [9.17, 15) is 14.7 Å². The van der Waals surface area contributed by atoms with Gasteiger partial charge in [-0.25, -0.2) is 14.8 Å². The highest BCUT2D eigenvalue weighted by Crippen LogP contribution is 2.33. The first kappa shape index (κ1) is 13.8. The zero-order valence-electron chi connectivity index (χ0n) is 10.5. The third kappa shape index (κ3) is 2.86. The number of nitrogens with zero attached hydrogens (tertiary/aromatic N) is 3. The normalized spacial score (nSPS) is 22.5. The van der Waals surface area contributed by atoms with Crippen LogP contribution in [0.1, 0.15) is 30.1 Å². The van der Waals surface area contributed by atoms with Crippen LogP contribution in [-0.2, 0) is 4.79 Å². The van der Waals surface area contributed by atoms with Crippen LogP contribution in [0.3, 0.4) is 0 Å². The molecular formula is C12H15N3O3S. The Balaban J connectivity index is 2.26. The summed E-state index contributed by atoms with van der Waals surface area (Å²) in [6.07, 6.45) is 5.86. The molecule has 6 nitrogen and oxygen atoms in total. The first-order valence-corrected chi connectivity index (χ1v) is 7.12. The van der Waals surface area contributed by atoms with Crippen molar-refractivity contribution in [3.63, 3.8) is 0 Å². The molecule has 2 heterocycles. The van der Waals surface area contributed by atoms with Gasteiger partial charge in [0.2, 0.25) is 0 Å². The lowest BCUT2D eigenvalue weighted by Gasteiger charge is -2.26. The monoisotopic (exact) mass is 281 g/mol. The van der Waals surface area contributed by atoms with Gasteiger partial charge in [0.25, 0.3) is 5.91 Å². The molecule has 2 rings (SSSR count). The van der Waals surface area contributed by atoms with Gasteiger partial charge in [0.1, 0.15) is 12.4 Å². The van der Waals surface area contributed by atoms with Crippen molar-refractivity contribution < 1.29 is 14.7 Å². The molecule has 0 radical (unpaired) electrons. The molecule has 2 unspecified atom stereocenters. The molecule has 0 saturated carbocycles. The van der Waals surface area contributed by atoms with Crippen LogP contribution < -0.4 is 0 Å². The summed E-state index contributed by atoms with van der Waals surface area (Å²) in [6, 6.07) is -0.769. The Bertz CT molecular complexity index is 469. The second kappa shape index (κ2) is 6.01. The van der Waals surface area contributed by atoms with Gasteiger partial charge in [-0.1, -0.05) is 13.3 Å². The molecular weight excluding hydrogens is 266 g/mol. The SMILES string of the molecule is CCCC1SCC(C(=O)O)N1C(=O)c1cncnc1. The Kier molecular flexibility index (Phi) is 4.36. The minimum absolute atomic E-state index is 0.0844. The maximum Gasteiger partial charge on any atom is 0.327 e. The molecule has 1 aliphatic rings. The number of carbonyl (C=O) groups is 2. The van der Waals surface area contributed by atoms with Crippen molar-refractivity contribution in [3.05, 3.63) is 24.3 Å². The second-order valence-corrected chi connectivity index (χ2v) is 5.48. The molecule has 0 spiro atoms. The average molecular weight is 281 g/mol. The maximum atomic E-state index is 12.4. The molecule has 1 aromatic rings. The largest absolute Gasteiger partial charge is 0.480 e. The van der Waals surface area contributed by atoms with E-state index in [0.717, 1.165) is 12.8 Å². The smallest absolute Gasteiger partial charge is 0.327 e. The maximum absolute atomic E-state index is 12.4. The first-order valence-electron chi connectivity index (χ1n) is 6.07. The summed E-state index contributed by atoms with van der Waals surface area (Å²) in [5.74, 6) is -0.841. The van der Waals surface area contributed by atoms with Crippen molar-refractivity contribution in [2.24, 2.45) is 0 Å². The van der Waals surface area contributed by atoms with Crippen molar-refractivity contribution in [2.75, 3.05) is 5.75 Å². The molecule has 7 heteroatoms. The summed E-state index contributed by atoms with van der Waals surface area (Å²) in [6.45, 7) is 2.02. The summed E-state index contributed by atoms with van der Waals surface area (Å²) >= 11 is 1.52. The van der Waals surface area contributed by atoms with Gasteiger partial charge in [-0.3, -0.25) is 4.79 Å². The number of carboxylic acids is 1. The Labute approximate surface area is 115 Å². The lowest BCUT2D eigenvalue weighted by molar-refractivity contribution is -0.141. The van der Waals surface area contributed by atoms with Crippen LogP contribution in [-0.4, -0.2) is 49.0 Å². The van der Waals surface area contributed by atoms with E-state index >= 15 is 0 Å². The van der Waals surface area contributed by atoms with Gasteiger partial charge in [0.05, 0.1) is 10.9 Å². The van der Waals surface area contributed by atoms with Crippen LogP contribution >= 0.6 is 11.8 Å². The van der Waals surface area contributed by atoms with Crippen molar-refractivity contribution in [1.82, 2.24) is 14.9 Å². The van der Waals surface area contributed by atoms with E-state index in [0.29, 0.717) is 11.3 Å². The molecule has 1 saturated heterocycles. The zero-order valence-corrected chi connectivity index (χ0v) is 11.3. The van der Waals surface area contributed by atoms with Gasteiger partial charge >= 0.3 is 5.97 Å². The molecule has 102 valence electrons. The topological polar surface area (TPSA) is 83.4 Å². The Morgan fingerprint density at radius 3 is 2.74 bits per heavy atom. The fraction of sp³-hybridized carbons (Fsp3) is 0.500. The Morgan fingerprint density at radius 2 is 2.16 bits per heavy atom. The molecule has 0 aromatic carbocycles. The Hall–Kier alpha value is -1.63. The summed E-state index contributed by atoms with van der Waals surface area (Å²) < 4.78 is 0. The van der Waals surface area contributed by atoms with E-state index in [4.69, 9.17) is 0 Å². The van der Waals surface area contributed by atoms with E-state index in [1.165, 1.54) is 35.4 Å². The number of carboxylic acid groups (broad SMARTS) is 1. The van der Waals surface area contributed by atoms with E-state index in [1.807, 2.05) is 6.92 Å². The third-order valence-corrected chi connectivity index (χ3v) is 4.31. The molecule has 1 amide bonds. The molecule has 1 fully saturated rings. The summed E-state index contributed by atoms with van der Waals surface area (Å²) in [5.41, 5.74) is 0.331. The number of hydrogen-bond donors (Lipinski definition) is 1. The van der Waals surface area contributed by atoms with Gasteiger partial charge in [0, 0.05) is 18.1 Å². The van der Waals surface area contributed by atoms with Gasteiger partial charge in [-0.15, -0.1) is 11.8 Å². The number of thioether (sulfide) groups is 1. The van der Waals surface area contributed by atoms with E-state index in [2.05, 4.69) is 9.97 Å². The number of aliphatic carboxylic acids is 1. The Morgan fingerprint density at radius 1 is 1.47 bits per heavy atom. The lowest BCUT2D eigenvalue weighted by atomic mass is 10.2.